The Labute approximate surface area is 158 Å². The molecule has 0 radical (unpaired) electrons. The minimum absolute atomic E-state index is 0.535. The average molecular weight is 380 g/mol. The Hall–Kier alpha value is -2.93. The highest BCUT2D eigenvalue weighted by atomic mass is 32.2. The van der Waals surface area contributed by atoms with Crippen molar-refractivity contribution in [2.24, 2.45) is 4.99 Å². The van der Waals surface area contributed by atoms with Crippen LogP contribution in [-0.2, 0) is 16.6 Å². The van der Waals surface area contributed by atoms with Gasteiger partial charge in [-0.1, -0.05) is 24.3 Å². The fraction of sp³-hybridized carbons (Fsp3) is 0.200. The molecule has 3 aromatic rings. The molecule has 0 bridgehead atoms. The van der Waals surface area contributed by atoms with Crippen LogP contribution in [0.15, 0.2) is 53.5 Å². The predicted octanol–water partition coefficient (Wildman–Crippen LogP) is 4.00. The Kier molecular flexibility index (Phi) is 4.11. The van der Waals surface area contributed by atoms with Gasteiger partial charge < -0.3 is 4.57 Å². The highest BCUT2D eigenvalue weighted by Crippen LogP contribution is 2.36. The molecule has 1 aliphatic heterocycles. The smallest absolute Gasteiger partial charge is 0.229 e. The molecule has 1 aliphatic rings. The molecule has 1 aromatic heterocycles. The van der Waals surface area contributed by atoms with E-state index in [4.69, 9.17) is 9.98 Å². The van der Waals surface area contributed by atoms with E-state index in [0.717, 1.165) is 46.0 Å². The zero-order valence-corrected chi connectivity index (χ0v) is 16.2. The highest BCUT2D eigenvalue weighted by molar-refractivity contribution is 7.92. The molecule has 1 N–H and O–H groups in total. The van der Waals surface area contributed by atoms with E-state index in [1.54, 1.807) is 12.1 Å². The van der Waals surface area contributed by atoms with E-state index in [2.05, 4.69) is 16.2 Å². The van der Waals surface area contributed by atoms with E-state index in [1.807, 2.05) is 43.3 Å². The van der Waals surface area contributed by atoms with Crippen LogP contribution in [0.5, 0.6) is 0 Å². The average Bonchev–Trinajstić information content (AvgIpc) is 2.83. The monoisotopic (exact) mass is 380 g/mol. The number of hydrogen-bond acceptors (Lipinski definition) is 4. The zero-order valence-electron chi connectivity index (χ0n) is 15.4. The predicted molar refractivity (Wildman–Crippen MR) is 109 cm³/mol. The van der Waals surface area contributed by atoms with Gasteiger partial charge in [-0.25, -0.2) is 13.4 Å². The second kappa shape index (κ2) is 6.35. The normalized spacial score (nSPS) is 13.4. The van der Waals surface area contributed by atoms with Gasteiger partial charge in [0.05, 0.1) is 24.2 Å². The van der Waals surface area contributed by atoms with Crippen LogP contribution in [0, 0.1) is 6.92 Å². The van der Waals surface area contributed by atoms with Crippen LogP contribution in [-0.4, -0.2) is 29.9 Å². The first-order valence-corrected chi connectivity index (χ1v) is 10.5. The lowest BCUT2D eigenvalue weighted by Gasteiger charge is -2.07. The van der Waals surface area contributed by atoms with Crippen molar-refractivity contribution in [1.82, 2.24) is 9.55 Å². The number of nitrogens with zero attached hydrogens (tertiary/aromatic N) is 3. The lowest BCUT2D eigenvalue weighted by molar-refractivity contribution is 0.607. The first-order valence-electron chi connectivity index (χ1n) is 8.61. The Balaban J connectivity index is 1.80. The van der Waals surface area contributed by atoms with E-state index < -0.39 is 10.0 Å². The van der Waals surface area contributed by atoms with Crippen LogP contribution in [0.2, 0.25) is 0 Å². The Bertz CT molecular complexity index is 1160. The number of imidazole rings is 1. The van der Waals surface area contributed by atoms with Crippen molar-refractivity contribution in [3.8, 4) is 22.6 Å². The molecule has 0 spiro atoms. The molecule has 0 fully saturated rings. The van der Waals surface area contributed by atoms with Crippen LogP contribution in [0.3, 0.4) is 0 Å². The van der Waals surface area contributed by atoms with Crippen LogP contribution < -0.4 is 4.72 Å². The van der Waals surface area contributed by atoms with Gasteiger partial charge in [0.15, 0.2) is 0 Å². The number of para-hydroxylation sites is 1. The van der Waals surface area contributed by atoms with Gasteiger partial charge in [0.1, 0.15) is 5.82 Å². The van der Waals surface area contributed by atoms with Gasteiger partial charge in [-0.3, -0.25) is 9.71 Å². The standard InChI is InChI=1S/C20H20N4O2S/c1-13-12-24-14(2)19(15-8-10-16(11-9-15)23-27(3,25)26)22-20(24)17-6-4-5-7-18(17)21-13/h4-11,23H,12H2,1-3H3. The lowest BCUT2D eigenvalue weighted by Crippen LogP contribution is -2.09. The molecule has 0 unspecified atom stereocenters. The number of anilines is 1. The maximum atomic E-state index is 11.4. The number of benzene rings is 2. The Morgan fingerprint density at radius 3 is 2.44 bits per heavy atom. The SMILES string of the molecule is CC1=Nc2ccccc2-c2nc(-c3ccc(NS(C)(=O)=O)cc3)c(C)n2C1. The largest absolute Gasteiger partial charge is 0.322 e. The molecule has 2 heterocycles. The topological polar surface area (TPSA) is 76.3 Å². The zero-order chi connectivity index (χ0) is 19.2. The second-order valence-corrected chi connectivity index (χ2v) is 8.52. The quantitative estimate of drug-likeness (QED) is 0.746. The number of rotatable bonds is 3. The molecule has 27 heavy (non-hydrogen) atoms. The molecule has 4 rings (SSSR count). The Morgan fingerprint density at radius 1 is 1.04 bits per heavy atom. The van der Waals surface area contributed by atoms with Crippen molar-refractivity contribution in [2.45, 2.75) is 20.4 Å². The van der Waals surface area contributed by atoms with Gasteiger partial charge in [0, 0.05) is 28.2 Å². The summed E-state index contributed by atoms with van der Waals surface area (Å²) in [6, 6.07) is 15.3. The summed E-state index contributed by atoms with van der Waals surface area (Å²) >= 11 is 0. The summed E-state index contributed by atoms with van der Waals surface area (Å²) in [5.74, 6) is 0.900. The van der Waals surface area contributed by atoms with E-state index in [-0.39, 0.29) is 0 Å². The van der Waals surface area contributed by atoms with Gasteiger partial charge in [-0.15, -0.1) is 0 Å². The number of aliphatic imine (C=N–C) groups is 1. The molecule has 138 valence electrons. The van der Waals surface area contributed by atoms with Gasteiger partial charge in [-0.2, -0.15) is 0 Å². The van der Waals surface area contributed by atoms with Crippen LogP contribution in [0.1, 0.15) is 12.6 Å². The second-order valence-electron chi connectivity index (χ2n) is 6.77. The van der Waals surface area contributed by atoms with Crippen molar-refractivity contribution >= 4 is 27.1 Å². The molecule has 0 saturated heterocycles. The number of nitrogens with one attached hydrogen (secondary N) is 1. The molecule has 7 heteroatoms. The maximum Gasteiger partial charge on any atom is 0.229 e. The van der Waals surface area contributed by atoms with E-state index in [9.17, 15) is 8.42 Å². The maximum absolute atomic E-state index is 11.4. The van der Waals surface area contributed by atoms with Gasteiger partial charge >= 0.3 is 0 Å². The van der Waals surface area contributed by atoms with Crippen molar-refractivity contribution < 1.29 is 8.42 Å². The summed E-state index contributed by atoms with van der Waals surface area (Å²) in [7, 11) is -3.29. The molecule has 2 aromatic carbocycles. The number of fused-ring (bicyclic) bond motifs is 3. The lowest BCUT2D eigenvalue weighted by atomic mass is 10.1. The summed E-state index contributed by atoms with van der Waals surface area (Å²) in [5, 5.41) is 0. The number of hydrogen-bond donors (Lipinski definition) is 1. The molecule has 0 atom stereocenters. The molecule has 0 saturated carbocycles. The van der Waals surface area contributed by atoms with Gasteiger partial charge in [-0.05, 0) is 38.1 Å². The van der Waals surface area contributed by atoms with E-state index in [1.165, 1.54) is 0 Å². The van der Waals surface area contributed by atoms with Gasteiger partial charge in [0.2, 0.25) is 10.0 Å². The van der Waals surface area contributed by atoms with Crippen molar-refractivity contribution in [3.05, 3.63) is 54.2 Å². The van der Waals surface area contributed by atoms with Crippen LogP contribution in [0.4, 0.5) is 11.4 Å². The minimum Gasteiger partial charge on any atom is -0.322 e. The van der Waals surface area contributed by atoms with E-state index in [0.29, 0.717) is 12.2 Å². The third-order valence-electron chi connectivity index (χ3n) is 4.53. The van der Waals surface area contributed by atoms with Crippen molar-refractivity contribution in [3.63, 3.8) is 0 Å². The third kappa shape index (κ3) is 3.38. The summed E-state index contributed by atoms with van der Waals surface area (Å²) in [5.41, 5.74) is 6.39. The Morgan fingerprint density at radius 2 is 1.74 bits per heavy atom. The van der Waals surface area contributed by atoms with Crippen LogP contribution >= 0.6 is 0 Å². The number of aromatic nitrogens is 2. The summed E-state index contributed by atoms with van der Waals surface area (Å²) in [6.45, 7) is 4.77. The fourth-order valence-corrected chi connectivity index (χ4v) is 3.91. The van der Waals surface area contributed by atoms with Crippen molar-refractivity contribution in [2.75, 3.05) is 11.0 Å². The fourth-order valence-electron chi connectivity index (χ4n) is 3.35. The molecule has 6 nitrogen and oxygen atoms in total. The van der Waals surface area contributed by atoms with Gasteiger partial charge in [0.25, 0.3) is 0 Å². The van der Waals surface area contributed by atoms with E-state index >= 15 is 0 Å². The molecular formula is C20H20N4O2S. The van der Waals surface area contributed by atoms with Crippen molar-refractivity contribution in [1.29, 1.82) is 0 Å². The summed E-state index contributed by atoms with van der Waals surface area (Å²) in [6.07, 6.45) is 1.14. The molecule has 0 amide bonds. The molecular weight excluding hydrogens is 360 g/mol. The number of sulfonamides is 1. The third-order valence-corrected chi connectivity index (χ3v) is 5.13. The first-order chi connectivity index (χ1) is 12.8. The first kappa shape index (κ1) is 17.5. The summed E-state index contributed by atoms with van der Waals surface area (Å²) in [4.78, 5) is 9.62. The summed E-state index contributed by atoms with van der Waals surface area (Å²) < 4.78 is 27.4. The highest BCUT2D eigenvalue weighted by Gasteiger charge is 2.21. The molecule has 0 aliphatic carbocycles. The minimum atomic E-state index is -3.29. The van der Waals surface area contributed by atoms with Crippen LogP contribution in [0.25, 0.3) is 22.6 Å².